The first-order valence-electron chi connectivity index (χ1n) is 11.0. The summed E-state index contributed by atoms with van der Waals surface area (Å²) in [4.78, 5) is 35.5. The van der Waals surface area contributed by atoms with Crippen molar-refractivity contribution in [2.24, 2.45) is 0 Å². The van der Waals surface area contributed by atoms with Crippen LogP contribution in [0.1, 0.15) is 81.0 Å². The molecule has 7 nitrogen and oxygen atoms in total. The Morgan fingerprint density at radius 2 is 1.74 bits per heavy atom. The summed E-state index contributed by atoms with van der Waals surface area (Å²) in [5.41, 5.74) is 2.15. The largest absolute Gasteiger partial charge is 0.481 e. The van der Waals surface area contributed by atoms with Crippen LogP contribution in [-0.4, -0.2) is 35.2 Å². The van der Waals surface area contributed by atoms with Gasteiger partial charge in [-0.1, -0.05) is 26.2 Å². The normalized spacial score (nSPS) is 17.5. The van der Waals surface area contributed by atoms with E-state index in [1.54, 1.807) is 6.92 Å². The molecule has 172 valence electrons. The van der Waals surface area contributed by atoms with E-state index in [2.05, 4.69) is 6.92 Å². The molecule has 31 heavy (non-hydrogen) atoms. The van der Waals surface area contributed by atoms with Gasteiger partial charge >= 0.3 is 17.9 Å². The number of hydrogen-bond acceptors (Lipinski definition) is 6. The molecule has 1 aliphatic heterocycles. The smallest absolute Gasteiger partial charge is 0.350 e. The highest BCUT2D eigenvalue weighted by molar-refractivity contribution is 5.81. The van der Waals surface area contributed by atoms with Gasteiger partial charge < -0.3 is 19.3 Å². The van der Waals surface area contributed by atoms with Gasteiger partial charge in [0.2, 0.25) is 5.60 Å². The van der Waals surface area contributed by atoms with Crippen molar-refractivity contribution in [2.45, 2.75) is 91.6 Å². The second-order valence-electron chi connectivity index (χ2n) is 8.41. The van der Waals surface area contributed by atoms with Crippen molar-refractivity contribution in [2.75, 3.05) is 6.61 Å². The molecule has 1 heterocycles. The fraction of sp³-hybridized carbons (Fsp3) is 0.625. The van der Waals surface area contributed by atoms with Crippen LogP contribution >= 0.6 is 0 Å². The summed E-state index contributed by atoms with van der Waals surface area (Å²) in [6, 6.07) is 0. The molecule has 2 rings (SSSR count). The number of unbranched alkanes of at least 4 members (excludes halogenated alkanes) is 3. The molecule has 1 aliphatic rings. The van der Waals surface area contributed by atoms with Crippen LogP contribution in [0.4, 0.5) is 0 Å². The quantitative estimate of drug-likeness (QED) is 0.327. The minimum atomic E-state index is -1.05. The second kappa shape index (κ2) is 10.6. The fourth-order valence-corrected chi connectivity index (χ4v) is 3.75. The third kappa shape index (κ3) is 5.99. The Morgan fingerprint density at radius 1 is 1.03 bits per heavy atom. The zero-order valence-corrected chi connectivity index (χ0v) is 19.3. The van der Waals surface area contributed by atoms with E-state index in [0.717, 1.165) is 47.9 Å². The molecule has 0 spiro atoms. The van der Waals surface area contributed by atoms with Gasteiger partial charge in [0.15, 0.2) is 0 Å². The molecular weight excluding hydrogens is 400 g/mol. The van der Waals surface area contributed by atoms with E-state index in [1.807, 2.05) is 20.8 Å². The van der Waals surface area contributed by atoms with E-state index in [-0.39, 0.29) is 18.8 Å². The number of aliphatic carboxylic acids is 1. The highest BCUT2D eigenvalue weighted by atomic mass is 16.6. The molecule has 0 saturated carbocycles. The lowest BCUT2D eigenvalue weighted by molar-refractivity contribution is -0.162. The van der Waals surface area contributed by atoms with Gasteiger partial charge in [0.05, 0.1) is 19.4 Å². The topological polar surface area (TPSA) is 99.1 Å². The monoisotopic (exact) mass is 434 g/mol. The minimum absolute atomic E-state index is 0.191. The lowest BCUT2D eigenvalue weighted by atomic mass is 9.87. The van der Waals surface area contributed by atoms with Gasteiger partial charge in [-0.2, -0.15) is 0 Å². The van der Waals surface area contributed by atoms with Crippen LogP contribution in [-0.2, 0) is 25.5 Å². The van der Waals surface area contributed by atoms with E-state index in [9.17, 15) is 14.4 Å². The molecule has 0 unspecified atom stereocenters. The molecular formula is C24H34O7. The van der Waals surface area contributed by atoms with Crippen LogP contribution in [0.5, 0.6) is 11.5 Å². The Hall–Kier alpha value is -2.57. The molecule has 0 aromatic heterocycles. The van der Waals surface area contributed by atoms with Gasteiger partial charge in [0.1, 0.15) is 11.5 Å². The number of carboxylic acids is 1. The number of ether oxygens (including phenoxy) is 3. The Labute approximate surface area is 184 Å². The third-order valence-electron chi connectivity index (χ3n) is 5.91. The lowest BCUT2D eigenvalue weighted by Crippen LogP contribution is -2.46. The Balaban J connectivity index is 2.17. The van der Waals surface area contributed by atoms with Crippen LogP contribution < -0.4 is 9.47 Å². The molecule has 0 saturated heterocycles. The Morgan fingerprint density at radius 3 is 2.39 bits per heavy atom. The summed E-state index contributed by atoms with van der Waals surface area (Å²) < 4.78 is 17.2. The van der Waals surface area contributed by atoms with Crippen molar-refractivity contribution in [1.29, 1.82) is 0 Å². The van der Waals surface area contributed by atoms with Crippen LogP contribution in [0.15, 0.2) is 0 Å². The molecule has 1 aromatic rings. The molecule has 7 heteroatoms. The van der Waals surface area contributed by atoms with Crippen molar-refractivity contribution in [1.82, 2.24) is 0 Å². The van der Waals surface area contributed by atoms with Gasteiger partial charge in [-0.3, -0.25) is 9.59 Å². The van der Waals surface area contributed by atoms with E-state index in [1.165, 1.54) is 0 Å². The standard InChI is InChI=1S/C24H34O7/c1-6-7-8-9-14-29-23(28)24(5)13-12-18-17(4)21(15(2)16(3)22(18)31-24)30-20(27)11-10-19(25)26/h6-14H2,1-5H3,(H,25,26)/t24-/m0/s1. The highest BCUT2D eigenvalue weighted by Gasteiger charge is 2.42. The second-order valence-corrected chi connectivity index (χ2v) is 8.41. The molecule has 1 aromatic carbocycles. The van der Waals surface area contributed by atoms with E-state index >= 15 is 0 Å². The molecule has 0 amide bonds. The summed E-state index contributed by atoms with van der Waals surface area (Å²) in [7, 11) is 0. The number of benzene rings is 1. The lowest BCUT2D eigenvalue weighted by Gasteiger charge is -2.36. The van der Waals surface area contributed by atoms with Gasteiger partial charge in [-0.25, -0.2) is 4.79 Å². The van der Waals surface area contributed by atoms with Crippen LogP contribution in [0.2, 0.25) is 0 Å². The minimum Gasteiger partial charge on any atom is -0.481 e. The molecule has 1 atom stereocenters. The average Bonchev–Trinajstić information content (AvgIpc) is 2.73. The van der Waals surface area contributed by atoms with Gasteiger partial charge in [-0.15, -0.1) is 0 Å². The Kier molecular flexibility index (Phi) is 8.48. The van der Waals surface area contributed by atoms with Gasteiger partial charge in [0.25, 0.3) is 0 Å². The predicted octanol–water partition coefficient (Wildman–Crippen LogP) is 4.59. The van der Waals surface area contributed by atoms with E-state index in [4.69, 9.17) is 19.3 Å². The zero-order chi connectivity index (χ0) is 23.2. The maximum Gasteiger partial charge on any atom is 0.350 e. The maximum atomic E-state index is 12.7. The van der Waals surface area contributed by atoms with Crippen molar-refractivity contribution in [3.8, 4) is 11.5 Å². The number of carboxylic acid groups (broad SMARTS) is 1. The summed E-state index contributed by atoms with van der Waals surface area (Å²) in [6.45, 7) is 9.83. The predicted molar refractivity (Wildman–Crippen MR) is 116 cm³/mol. The van der Waals surface area contributed by atoms with Crippen LogP contribution in [0, 0.1) is 20.8 Å². The SMILES string of the molecule is CCCCCCOC(=O)[C@]1(C)CCc2c(C)c(OC(=O)CCC(=O)O)c(C)c(C)c2O1. The van der Waals surface area contributed by atoms with Gasteiger partial charge in [0, 0.05) is 12.0 Å². The molecule has 1 N–H and O–H groups in total. The number of esters is 2. The summed E-state index contributed by atoms with van der Waals surface area (Å²) >= 11 is 0. The van der Waals surface area contributed by atoms with Crippen molar-refractivity contribution < 1.29 is 33.7 Å². The molecule has 0 fully saturated rings. The molecule has 0 aliphatic carbocycles. The zero-order valence-electron chi connectivity index (χ0n) is 19.3. The maximum absolute atomic E-state index is 12.7. The van der Waals surface area contributed by atoms with E-state index < -0.39 is 17.5 Å². The molecule has 0 bridgehead atoms. The average molecular weight is 435 g/mol. The number of rotatable bonds is 10. The van der Waals surface area contributed by atoms with Crippen molar-refractivity contribution in [3.63, 3.8) is 0 Å². The summed E-state index contributed by atoms with van der Waals surface area (Å²) in [5, 5.41) is 8.76. The fourth-order valence-electron chi connectivity index (χ4n) is 3.75. The summed E-state index contributed by atoms with van der Waals surface area (Å²) in [6.07, 6.45) is 4.72. The van der Waals surface area contributed by atoms with E-state index in [0.29, 0.717) is 30.9 Å². The number of carbonyl (C=O) groups is 3. The van der Waals surface area contributed by atoms with Crippen LogP contribution in [0.25, 0.3) is 0 Å². The van der Waals surface area contributed by atoms with Crippen LogP contribution in [0.3, 0.4) is 0 Å². The molecule has 0 radical (unpaired) electrons. The third-order valence-corrected chi connectivity index (χ3v) is 5.91. The first-order chi connectivity index (χ1) is 14.6. The number of fused-ring (bicyclic) bond motifs is 1. The van der Waals surface area contributed by atoms with Gasteiger partial charge in [-0.05, 0) is 57.2 Å². The first kappa shape index (κ1) is 24.7. The Bertz CT molecular complexity index is 843. The number of carbonyl (C=O) groups excluding carboxylic acids is 2. The first-order valence-corrected chi connectivity index (χ1v) is 11.0. The van der Waals surface area contributed by atoms with Crippen molar-refractivity contribution >= 4 is 17.9 Å². The summed E-state index contributed by atoms with van der Waals surface area (Å²) in [5.74, 6) is -0.902. The number of hydrogen-bond donors (Lipinski definition) is 1. The van der Waals surface area contributed by atoms with Crippen molar-refractivity contribution in [3.05, 3.63) is 22.3 Å². The highest BCUT2D eigenvalue weighted by Crippen LogP contribution is 2.44.